The van der Waals surface area contributed by atoms with Crippen molar-refractivity contribution in [3.63, 3.8) is 0 Å². The van der Waals surface area contributed by atoms with Crippen molar-refractivity contribution in [2.24, 2.45) is 5.92 Å². The van der Waals surface area contributed by atoms with Crippen molar-refractivity contribution in [1.29, 1.82) is 0 Å². The number of hydrogen-bond acceptors (Lipinski definition) is 0. The van der Waals surface area contributed by atoms with Gasteiger partial charge in [0.25, 0.3) is 0 Å². The summed E-state index contributed by atoms with van der Waals surface area (Å²) in [4.78, 5) is 0. The lowest BCUT2D eigenvalue weighted by atomic mass is 9.88. The van der Waals surface area contributed by atoms with Crippen LogP contribution in [0, 0.1) is 12.8 Å². The van der Waals surface area contributed by atoms with Crippen LogP contribution in [0.4, 0.5) is 0 Å². The highest BCUT2D eigenvalue weighted by Gasteiger charge is 2.40. The molecule has 0 aromatic heterocycles. The van der Waals surface area contributed by atoms with E-state index in [0.29, 0.717) is 0 Å². The molecule has 0 N–H and O–H groups in total. The van der Waals surface area contributed by atoms with Gasteiger partial charge in [-0.2, -0.15) is 0 Å². The molecule has 1 saturated carbocycles. The predicted octanol–water partition coefficient (Wildman–Crippen LogP) is 4.28. The molecule has 0 heteroatoms. The Balaban J connectivity index is 2.18. The Morgan fingerprint density at radius 2 is 2.06 bits per heavy atom. The molecule has 78 valence electrons. The first-order valence-corrected chi connectivity index (χ1v) is 6.05. The van der Waals surface area contributed by atoms with Gasteiger partial charge in [-0.1, -0.05) is 42.5 Å². The number of fused-ring (bicyclic) bond motifs is 5. The van der Waals surface area contributed by atoms with E-state index in [1.807, 2.05) is 0 Å². The fourth-order valence-electron chi connectivity index (χ4n) is 3.14. The Kier molecular flexibility index (Phi) is 1.48. The molecule has 0 aliphatic heterocycles. The second kappa shape index (κ2) is 2.76. The van der Waals surface area contributed by atoms with Crippen LogP contribution in [0.25, 0.3) is 16.8 Å². The molecular weight excluding hydrogens is 192 g/mol. The van der Waals surface area contributed by atoms with E-state index in [4.69, 9.17) is 0 Å². The van der Waals surface area contributed by atoms with Gasteiger partial charge in [0.2, 0.25) is 0 Å². The third-order valence-electron chi connectivity index (χ3n) is 4.06. The van der Waals surface area contributed by atoms with E-state index < -0.39 is 0 Å². The van der Waals surface area contributed by atoms with Gasteiger partial charge in [-0.05, 0) is 52.6 Å². The van der Waals surface area contributed by atoms with Crippen LogP contribution in [0.3, 0.4) is 0 Å². The standard InChI is InChI=1S/C16H14/c1-10-8-11-4-2-3-5-14(11)16-13(10)7-6-12-9-15(12)16/h2-8,12,15H,9H2,1H3. The topological polar surface area (TPSA) is 0 Å². The minimum atomic E-state index is 0.810. The Hall–Kier alpha value is -1.56. The molecule has 0 spiro atoms. The zero-order valence-electron chi connectivity index (χ0n) is 9.40. The number of allylic oxidation sites excluding steroid dienone is 1. The van der Waals surface area contributed by atoms with Crippen molar-refractivity contribution >= 4 is 16.8 Å². The van der Waals surface area contributed by atoms with Gasteiger partial charge in [0.15, 0.2) is 0 Å². The summed E-state index contributed by atoms with van der Waals surface area (Å²) in [5.41, 5.74) is 4.52. The van der Waals surface area contributed by atoms with Gasteiger partial charge >= 0.3 is 0 Å². The third-order valence-corrected chi connectivity index (χ3v) is 4.06. The highest BCUT2D eigenvalue weighted by Crippen LogP contribution is 2.55. The smallest absolute Gasteiger partial charge is 0.00807 e. The van der Waals surface area contributed by atoms with Gasteiger partial charge in [0.05, 0.1) is 0 Å². The number of hydrogen-bond donors (Lipinski definition) is 0. The van der Waals surface area contributed by atoms with Crippen molar-refractivity contribution in [3.8, 4) is 0 Å². The zero-order chi connectivity index (χ0) is 10.7. The Morgan fingerprint density at radius 1 is 1.19 bits per heavy atom. The van der Waals surface area contributed by atoms with Crippen LogP contribution in [-0.2, 0) is 0 Å². The fraction of sp³-hybridized carbons (Fsp3) is 0.250. The Bertz CT molecular complexity index is 619. The first kappa shape index (κ1) is 8.58. The van der Waals surface area contributed by atoms with E-state index in [0.717, 1.165) is 11.8 Å². The van der Waals surface area contributed by atoms with Crippen molar-refractivity contribution in [3.05, 3.63) is 53.1 Å². The average molecular weight is 206 g/mol. The molecule has 2 aromatic rings. The molecule has 2 aromatic carbocycles. The molecule has 0 amide bonds. The molecule has 2 aliphatic rings. The fourth-order valence-corrected chi connectivity index (χ4v) is 3.14. The Labute approximate surface area is 95.6 Å². The number of rotatable bonds is 0. The van der Waals surface area contributed by atoms with Crippen molar-refractivity contribution < 1.29 is 0 Å². The first-order valence-electron chi connectivity index (χ1n) is 6.05. The van der Waals surface area contributed by atoms with Crippen molar-refractivity contribution in [1.82, 2.24) is 0 Å². The van der Waals surface area contributed by atoms with Crippen LogP contribution in [-0.4, -0.2) is 0 Å². The maximum atomic E-state index is 2.40. The Morgan fingerprint density at radius 3 is 3.00 bits per heavy atom. The molecule has 0 heterocycles. The first-order chi connectivity index (χ1) is 7.84. The lowest BCUT2D eigenvalue weighted by Gasteiger charge is -2.16. The van der Waals surface area contributed by atoms with E-state index in [2.05, 4.69) is 49.4 Å². The predicted molar refractivity (Wildman–Crippen MR) is 68.6 cm³/mol. The van der Waals surface area contributed by atoms with Gasteiger partial charge in [-0.15, -0.1) is 0 Å². The summed E-state index contributed by atoms with van der Waals surface area (Å²) in [7, 11) is 0. The van der Waals surface area contributed by atoms with Crippen LogP contribution in [0.1, 0.15) is 29.0 Å². The number of benzene rings is 2. The molecule has 16 heavy (non-hydrogen) atoms. The summed E-state index contributed by atoms with van der Waals surface area (Å²) in [6.07, 6.45) is 6.09. The summed E-state index contributed by atoms with van der Waals surface area (Å²) in [5.74, 6) is 1.64. The lowest BCUT2D eigenvalue weighted by molar-refractivity contribution is 1.00. The van der Waals surface area contributed by atoms with E-state index in [1.165, 1.54) is 28.3 Å². The monoisotopic (exact) mass is 206 g/mol. The molecular formula is C16H14. The van der Waals surface area contributed by atoms with E-state index >= 15 is 0 Å². The normalized spacial score (nSPS) is 25.3. The molecule has 4 rings (SSSR count). The molecule has 0 radical (unpaired) electrons. The highest BCUT2D eigenvalue weighted by atomic mass is 14.4. The van der Waals surface area contributed by atoms with Gasteiger partial charge < -0.3 is 0 Å². The maximum absolute atomic E-state index is 2.40. The molecule has 1 fully saturated rings. The summed E-state index contributed by atoms with van der Waals surface area (Å²) < 4.78 is 0. The number of aryl methyl sites for hydroxylation is 1. The molecule has 0 bridgehead atoms. The largest absolute Gasteiger partial charge is 0.0802 e. The van der Waals surface area contributed by atoms with Crippen LogP contribution >= 0.6 is 0 Å². The minimum Gasteiger partial charge on any atom is -0.0802 e. The second-order valence-electron chi connectivity index (χ2n) is 5.11. The summed E-state index contributed by atoms with van der Waals surface area (Å²) >= 11 is 0. The van der Waals surface area contributed by atoms with Crippen LogP contribution < -0.4 is 0 Å². The van der Waals surface area contributed by atoms with Crippen LogP contribution in [0.5, 0.6) is 0 Å². The molecule has 2 aliphatic carbocycles. The lowest BCUT2D eigenvalue weighted by Crippen LogP contribution is -1.97. The van der Waals surface area contributed by atoms with E-state index in [1.54, 1.807) is 5.56 Å². The second-order valence-corrected chi connectivity index (χ2v) is 5.11. The van der Waals surface area contributed by atoms with E-state index in [-0.39, 0.29) is 0 Å². The van der Waals surface area contributed by atoms with E-state index in [9.17, 15) is 0 Å². The SMILES string of the molecule is Cc1cc2ccccc2c2c1C=CC1CC21. The summed E-state index contributed by atoms with van der Waals surface area (Å²) in [6.45, 7) is 2.23. The summed E-state index contributed by atoms with van der Waals surface area (Å²) in [6, 6.07) is 11.1. The minimum absolute atomic E-state index is 0.810. The highest BCUT2D eigenvalue weighted by molar-refractivity contribution is 5.92. The molecule has 2 unspecified atom stereocenters. The third kappa shape index (κ3) is 0.996. The van der Waals surface area contributed by atoms with Gasteiger partial charge in [-0.25, -0.2) is 0 Å². The van der Waals surface area contributed by atoms with Crippen LogP contribution in [0.2, 0.25) is 0 Å². The summed E-state index contributed by atoms with van der Waals surface area (Å²) in [5, 5.41) is 2.87. The molecule has 0 nitrogen and oxygen atoms in total. The molecule has 2 atom stereocenters. The van der Waals surface area contributed by atoms with Crippen molar-refractivity contribution in [2.75, 3.05) is 0 Å². The van der Waals surface area contributed by atoms with Gasteiger partial charge in [0, 0.05) is 0 Å². The quantitative estimate of drug-likeness (QED) is 0.603. The van der Waals surface area contributed by atoms with Gasteiger partial charge in [-0.3, -0.25) is 0 Å². The van der Waals surface area contributed by atoms with Crippen molar-refractivity contribution in [2.45, 2.75) is 19.3 Å². The zero-order valence-corrected chi connectivity index (χ0v) is 9.40. The average Bonchev–Trinajstić information content (AvgIpc) is 3.07. The van der Waals surface area contributed by atoms with Crippen LogP contribution in [0.15, 0.2) is 36.4 Å². The molecule has 0 saturated heterocycles. The van der Waals surface area contributed by atoms with Gasteiger partial charge in [0.1, 0.15) is 0 Å². The maximum Gasteiger partial charge on any atom is -0.00807 e.